The first-order valence-electron chi connectivity index (χ1n) is 3.73. The summed E-state index contributed by atoms with van der Waals surface area (Å²) in [6.07, 6.45) is 4.53. The monoisotopic (exact) mass is 255 g/mol. The number of rotatable bonds is 2. The summed E-state index contributed by atoms with van der Waals surface area (Å²) >= 11 is 3.26. The Morgan fingerprint density at radius 1 is 1.50 bits per heavy atom. The van der Waals surface area contributed by atoms with Gasteiger partial charge in [0, 0.05) is 0 Å². The van der Waals surface area contributed by atoms with E-state index in [0.717, 1.165) is 0 Å². The van der Waals surface area contributed by atoms with Crippen molar-refractivity contribution in [1.82, 2.24) is 24.7 Å². The molecule has 7 heteroatoms. The van der Waals surface area contributed by atoms with Gasteiger partial charge in [0.15, 0.2) is 0 Å². The molecule has 6 nitrogen and oxygen atoms in total. The van der Waals surface area contributed by atoms with Crippen LogP contribution in [0.4, 0.5) is 0 Å². The van der Waals surface area contributed by atoms with Crippen LogP contribution in [0.25, 0.3) is 5.95 Å². The number of halogens is 1. The molecule has 0 fully saturated rings. The predicted octanol–water partition coefficient (Wildman–Crippen LogP) is 0.828. The smallest absolute Gasteiger partial charge is 0.255 e. The third kappa shape index (κ3) is 1.58. The van der Waals surface area contributed by atoms with Crippen LogP contribution in [-0.4, -0.2) is 31.8 Å². The normalized spacial score (nSPS) is 10.1. The quantitative estimate of drug-likeness (QED) is 0.796. The van der Waals surface area contributed by atoms with E-state index in [9.17, 15) is 0 Å². The van der Waals surface area contributed by atoms with Gasteiger partial charge < -0.3 is 4.74 Å². The molecule has 14 heavy (non-hydrogen) atoms. The molecule has 2 heterocycles. The third-order valence-electron chi connectivity index (χ3n) is 1.52. The average Bonchev–Trinajstić information content (AvgIpc) is 2.71. The zero-order chi connectivity index (χ0) is 9.97. The second kappa shape index (κ2) is 3.70. The first kappa shape index (κ1) is 9.07. The van der Waals surface area contributed by atoms with E-state index in [1.165, 1.54) is 24.4 Å². The van der Waals surface area contributed by atoms with Crippen molar-refractivity contribution in [2.75, 3.05) is 7.11 Å². The highest BCUT2D eigenvalue weighted by atomic mass is 79.9. The molecule has 0 aliphatic rings. The van der Waals surface area contributed by atoms with Crippen LogP contribution < -0.4 is 4.74 Å². The van der Waals surface area contributed by atoms with Gasteiger partial charge in [0.2, 0.25) is 5.88 Å². The van der Waals surface area contributed by atoms with Gasteiger partial charge in [0.25, 0.3) is 5.95 Å². The van der Waals surface area contributed by atoms with Crippen molar-refractivity contribution >= 4 is 15.9 Å². The van der Waals surface area contributed by atoms with Gasteiger partial charge in [-0.2, -0.15) is 14.8 Å². The molecule has 0 amide bonds. The molecule has 0 saturated heterocycles. The fourth-order valence-corrected chi connectivity index (χ4v) is 1.26. The molecule has 2 aromatic rings. The van der Waals surface area contributed by atoms with Crippen LogP contribution in [0.3, 0.4) is 0 Å². The van der Waals surface area contributed by atoms with Gasteiger partial charge in [-0.3, -0.25) is 0 Å². The second-order valence-electron chi connectivity index (χ2n) is 2.37. The lowest BCUT2D eigenvalue weighted by Gasteiger charge is -2.03. The Labute approximate surface area is 88.1 Å². The number of hydrogen-bond acceptors (Lipinski definition) is 5. The maximum atomic E-state index is 5.02. The summed E-state index contributed by atoms with van der Waals surface area (Å²) in [6.45, 7) is 0. The van der Waals surface area contributed by atoms with Crippen molar-refractivity contribution < 1.29 is 4.74 Å². The Kier molecular flexibility index (Phi) is 2.40. The lowest BCUT2D eigenvalue weighted by Crippen LogP contribution is -2.03. The highest BCUT2D eigenvalue weighted by molar-refractivity contribution is 9.10. The minimum absolute atomic E-state index is 0.419. The standard InChI is InChI=1S/C7H6BrN5O/c1-14-6-5(8)2-10-7(12-6)13-4-9-3-11-13/h2-4H,1H3. The highest BCUT2D eigenvalue weighted by Gasteiger charge is 2.06. The van der Waals surface area contributed by atoms with Gasteiger partial charge in [-0.1, -0.05) is 0 Å². The molecular weight excluding hydrogens is 250 g/mol. The minimum Gasteiger partial charge on any atom is -0.480 e. The lowest BCUT2D eigenvalue weighted by atomic mass is 10.6. The summed E-state index contributed by atoms with van der Waals surface area (Å²) in [4.78, 5) is 12.0. The first-order chi connectivity index (χ1) is 6.81. The zero-order valence-corrected chi connectivity index (χ0v) is 8.84. The SMILES string of the molecule is COc1nc(-n2cncn2)ncc1Br. The minimum atomic E-state index is 0.419. The third-order valence-corrected chi connectivity index (χ3v) is 2.06. The van der Waals surface area contributed by atoms with Crippen LogP contribution in [0.1, 0.15) is 0 Å². The molecule has 0 saturated carbocycles. The summed E-state index contributed by atoms with van der Waals surface area (Å²) in [5, 5.41) is 3.90. The molecule has 0 unspecified atom stereocenters. The fraction of sp³-hybridized carbons (Fsp3) is 0.143. The van der Waals surface area contributed by atoms with Crippen LogP contribution in [0, 0.1) is 0 Å². The molecular formula is C7H6BrN5O. The number of hydrogen-bond donors (Lipinski definition) is 0. The molecule has 2 aromatic heterocycles. The molecule has 72 valence electrons. The van der Waals surface area contributed by atoms with Crippen LogP contribution in [-0.2, 0) is 0 Å². The van der Waals surface area contributed by atoms with E-state index in [2.05, 4.69) is 36.0 Å². The number of aromatic nitrogens is 5. The number of ether oxygens (including phenoxy) is 1. The van der Waals surface area contributed by atoms with Crippen LogP contribution in [0.15, 0.2) is 23.3 Å². The Morgan fingerprint density at radius 2 is 2.36 bits per heavy atom. The summed E-state index contributed by atoms with van der Waals surface area (Å²) < 4.78 is 7.18. The molecule has 0 bridgehead atoms. The van der Waals surface area contributed by atoms with Gasteiger partial charge in [-0.05, 0) is 15.9 Å². The molecule has 2 rings (SSSR count). The van der Waals surface area contributed by atoms with Gasteiger partial charge in [0.1, 0.15) is 12.7 Å². The Morgan fingerprint density at radius 3 is 3.00 bits per heavy atom. The van der Waals surface area contributed by atoms with E-state index >= 15 is 0 Å². The van der Waals surface area contributed by atoms with Crippen LogP contribution >= 0.6 is 15.9 Å². The molecule has 0 aliphatic carbocycles. The van der Waals surface area contributed by atoms with Crippen molar-refractivity contribution in [3.63, 3.8) is 0 Å². The van der Waals surface area contributed by atoms with E-state index in [1.807, 2.05) is 0 Å². The largest absolute Gasteiger partial charge is 0.480 e. The highest BCUT2D eigenvalue weighted by Crippen LogP contribution is 2.20. The number of methoxy groups -OCH3 is 1. The van der Waals surface area contributed by atoms with E-state index in [1.54, 1.807) is 6.20 Å². The van der Waals surface area contributed by atoms with Crippen LogP contribution in [0.2, 0.25) is 0 Å². The van der Waals surface area contributed by atoms with E-state index in [-0.39, 0.29) is 0 Å². The van der Waals surface area contributed by atoms with Crippen molar-refractivity contribution in [3.05, 3.63) is 23.3 Å². The Balaban J connectivity index is 2.46. The second-order valence-corrected chi connectivity index (χ2v) is 3.22. The van der Waals surface area contributed by atoms with Gasteiger partial charge >= 0.3 is 0 Å². The van der Waals surface area contributed by atoms with E-state index < -0.39 is 0 Å². The number of nitrogens with zero attached hydrogens (tertiary/aromatic N) is 5. The molecule has 0 N–H and O–H groups in total. The topological polar surface area (TPSA) is 65.7 Å². The summed E-state index contributed by atoms with van der Waals surface area (Å²) in [7, 11) is 1.54. The summed E-state index contributed by atoms with van der Waals surface area (Å²) in [5.41, 5.74) is 0. The average molecular weight is 256 g/mol. The zero-order valence-electron chi connectivity index (χ0n) is 7.25. The summed E-state index contributed by atoms with van der Waals surface area (Å²) in [6, 6.07) is 0. The molecule has 0 aliphatic heterocycles. The summed E-state index contributed by atoms with van der Waals surface area (Å²) in [5.74, 6) is 0.882. The van der Waals surface area contributed by atoms with Crippen LogP contribution in [0.5, 0.6) is 5.88 Å². The van der Waals surface area contributed by atoms with Gasteiger partial charge in [-0.15, -0.1) is 0 Å². The van der Waals surface area contributed by atoms with E-state index in [4.69, 9.17) is 4.74 Å². The Bertz CT molecular complexity index is 430. The lowest BCUT2D eigenvalue weighted by molar-refractivity contribution is 0.392. The molecule has 0 radical (unpaired) electrons. The van der Waals surface area contributed by atoms with Crippen molar-refractivity contribution in [1.29, 1.82) is 0 Å². The van der Waals surface area contributed by atoms with Crippen molar-refractivity contribution in [2.45, 2.75) is 0 Å². The van der Waals surface area contributed by atoms with Gasteiger partial charge in [0.05, 0.1) is 17.8 Å². The first-order valence-corrected chi connectivity index (χ1v) is 4.52. The van der Waals surface area contributed by atoms with Crippen molar-refractivity contribution in [3.8, 4) is 11.8 Å². The van der Waals surface area contributed by atoms with Crippen molar-refractivity contribution in [2.24, 2.45) is 0 Å². The molecule has 0 spiro atoms. The van der Waals surface area contributed by atoms with E-state index in [0.29, 0.717) is 16.3 Å². The fourth-order valence-electron chi connectivity index (χ4n) is 0.908. The van der Waals surface area contributed by atoms with Gasteiger partial charge in [-0.25, -0.2) is 9.97 Å². The molecule has 0 atom stereocenters. The maximum absolute atomic E-state index is 5.02. The predicted molar refractivity (Wildman–Crippen MR) is 51.2 cm³/mol. The maximum Gasteiger partial charge on any atom is 0.255 e. The Hall–Kier alpha value is -1.50. The molecule has 0 aromatic carbocycles.